The first kappa shape index (κ1) is 21.5. The molecule has 162 valence electrons. The molecule has 2 aromatic carbocycles. The van der Waals surface area contributed by atoms with Crippen molar-refractivity contribution in [3.63, 3.8) is 0 Å². The van der Waals surface area contributed by atoms with Crippen molar-refractivity contribution in [2.45, 2.75) is 51.6 Å². The summed E-state index contributed by atoms with van der Waals surface area (Å²) in [6.07, 6.45) is 4.91. The quantitative estimate of drug-likeness (QED) is 0.587. The van der Waals surface area contributed by atoms with Crippen LogP contribution >= 0.6 is 11.3 Å². The van der Waals surface area contributed by atoms with Crippen LogP contribution < -0.4 is 5.32 Å². The number of carbonyl (C=O) groups excluding carboxylic acids is 2. The van der Waals surface area contributed by atoms with Crippen molar-refractivity contribution >= 4 is 33.2 Å². The van der Waals surface area contributed by atoms with E-state index in [1.54, 1.807) is 19.1 Å². The Balaban J connectivity index is 1.61. The molecule has 31 heavy (non-hydrogen) atoms. The van der Waals surface area contributed by atoms with Gasteiger partial charge in [-0.15, -0.1) is 11.3 Å². The van der Waals surface area contributed by atoms with E-state index in [0.717, 1.165) is 53.4 Å². The number of hydrogen-bond donors (Lipinski definition) is 1. The maximum Gasteiger partial charge on any atom is 0.261 e. The Bertz CT molecular complexity index is 1080. The number of nitrogens with zero attached hydrogens (tertiary/aromatic N) is 1. The smallest absolute Gasteiger partial charge is 0.261 e. The van der Waals surface area contributed by atoms with Gasteiger partial charge < -0.3 is 10.2 Å². The Morgan fingerprint density at radius 1 is 1.10 bits per heavy atom. The maximum atomic E-state index is 13.1. The van der Waals surface area contributed by atoms with Crippen LogP contribution in [-0.4, -0.2) is 29.3 Å². The van der Waals surface area contributed by atoms with Crippen LogP contribution in [0.15, 0.2) is 48.5 Å². The molecule has 1 saturated heterocycles. The van der Waals surface area contributed by atoms with E-state index in [4.69, 9.17) is 0 Å². The van der Waals surface area contributed by atoms with Crippen LogP contribution in [-0.2, 0) is 17.8 Å². The van der Waals surface area contributed by atoms with Gasteiger partial charge in [-0.1, -0.05) is 43.2 Å². The molecule has 3 aromatic rings. The Hall–Kier alpha value is -2.73. The van der Waals surface area contributed by atoms with Gasteiger partial charge in [0.15, 0.2) is 0 Å². The van der Waals surface area contributed by atoms with Gasteiger partial charge in [0.1, 0.15) is 5.82 Å². The summed E-state index contributed by atoms with van der Waals surface area (Å²) in [5.74, 6) is -0.308. The lowest BCUT2D eigenvalue weighted by atomic mass is 9.98. The molecule has 0 spiro atoms. The SMILES string of the molecule is CC(=O)N1CCCCC[C@@H]1Cc1c(C(=O)NCc2ccc(F)cc2)sc2ccccc12. The molecular formula is C25H27FN2O2S. The Labute approximate surface area is 186 Å². The first-order valence-corrected chi connectivity index (χ1v) is 11.6. The lowest BCUT2D eigenvalue weighted by Gasteiger charge is -2.29. The zero-order valence-corrected chi connectivity index (χ0v) is 18.5. The van der Waals surface area contributed by atoms with Gasteiger partial charge in [0.05, 0.1) is 4.88 Å². The average Bonchev–Trinajstić information content (AvgIpc) is 2.96. The molecule has 1 N–H and O–H groups in total. The van der Waals surface area contributed by atoms with Gasteiger partial charge in [-0.2, -0.15) is 0 Å². The van der Waals surface area contributed by atoms with Crippen LogP contribution in [0.25, 0.3) is 10.1 Å². The minimum Gasteiger partial charge on any atom is -0.347 e. The van der Waals surface area contributed by atoms with E-state index in [1.165, 1.54) is 23.5 Å². The minimum atomic E-state index is -0.291. The molecular weight excluding hydrogens is 411 g/mol. The highest BCUT2D eigenvalue weighted by molar-refractivity contribution is 7.21. The molecule has 4 rings (SSSR count). The molecule has 1 aromatic heterocycles. The van der Waals surface area contributed by atoms with Crippen molar-refractivity contribution in [1.29, 1.82) is 0 Å². The number of rotatable bonds is 5. The van der Waals surface area contributed by atoms with Crippen LogP contribution in [0.1, 0.15) is 53.4 Å². The number of hydrogen-bond acceptors (Lipinski definition) is 3. The third-order valence-electron chi connectivity index (χ3n) is 5.99. The summed E-state index contributed by atoms with van der Waals surface area (Å²) in [6.45, 7) is 2.77. The Morgan fingerprint density at radius 3 is 2.65 bits per heavy atom. The van der Waals surface area contributed by atoms with Crippen LogP contribution in [0, 0.1) is 5.82 Å². The van der Waals surface area contributed by atoms with E-state index >= 15 is 0 Å². The number of thiophene rings is 1. The summed E-state index contributed by atoms with van der Waals surface area (Å²) < 4.78 is 14.2. The van der Waals surface area contributed by atoms with Crippen molar-refractivity contribution < 1.29 is 14.0 Å². The number of carbonyl (C=O) groups is 2. The summed E-state index contributed by atoms with van der Waals surface area (Å²) in [4.78, 5) is 28.1. The van der Waals surface area contributed by atoms with Gasteiger partial charge in [-0.3, -0.25) is 9.59 Å². The predicted molar refractivity (Wildman–Crippen MR) is 123 cm³/mol. The topological polar surface area (TPSA) is 49.4 Å². The molecule has 1 atom stereocenters. The number of fused-ring (bicyclic) bond motifs is 1. The van der Waals surface area contributed by atoms with Gasteiger partial charge in [0, 0.05) is 30.8 Å². The molecule has 4 nitrogen and oxygen atoms in total. The number of benzene rings is 2. The standard InChI is InChI=1S/C25H27FN2O2S/c1-17(29)28-14-6-2-3-7-20(28)15-22-21-8-4-5-9-23(21)31-24(22)25(30)27-16-18-10-12-19(26)13-11-18/h4-5,8-13,20H,2-3,6-7,14-16H2,1H3,(H,27,30)/t20-/m1/s1. The highest BCUT2D eigenvalue weighted by Gasteiger charge is 2.27. The molecule has 2 heterocycles. The van der Waals surface area contributed by atoms with Crippen LogP contribution in [0.3, 0.4) is 0 Å². The second-order valence-corrected chi connectivity index (χ2v) is 9.19. The summed E-state index contributed by atoms with van der Waals surface area (Å²) in [6, 6.07) is 14.3. The monoisotopic (exact) mass is 438 g/mol. The van der Waals surface area contributed by atoms with E-state index in [0.29, 0.717) is 17.8 Å². The normalized spacial score (nSPS) is 16.8. The molecule has 2 amide bonds. The van der Waals surface area contributed by atoms with Crippen molar-refractivity contribution in [3.8, 4) is 0 Å². The van der Waals surface area contributed by atoms with Crippen LogP contribution in [0.4, 0.5) is 4.39 Å². The molecule has 1 aliphatic rings. The summed E-state index contributed by atoms with van der Waals surface area (Å²) in [5, 5.41) is 4.08. The van der Waals surface area contributed by atoms with Gasteiger partial charge in [0.25, 0.3) is 5.91 Å². The summed E-state index contributed by atoms with van der Waals surface area (Å²) >= 11 is 1.50. The summed E-state index contributed by atoms with van der Waals surface area (Å²) in [7, 11) is 0. The second kappa shape index (κ2) is 9.60. The highest BCUT2D eigenvalue weighted by Crippen LogP contribution is 2.34. The largest absolute Gasteiger partial charge is 0.347 e. The zero-order chi connectivity index (χ0) is 21.8. The van der Waals surface area contributed by atoms with Crippen LogP contribution in [0.5, 0.6) is 0 Å². The fourth-order valence-electron chi connectivity index (χ4n) is 4.39. The van der Waals surface area contributed by atoms with Crippen molar-refractivity contribution in [1.82, 2.24) is 10.2 Å². The van der Waals surface area contributed by atoms with Gasteiger partial charge in [0.2, 0.25) is 5.91 Å². The van der Waals surface area contributed by atoms with Crippen molar-refractivity contribution in [2.24, 2.45) is 0 Å². The van der Waals surface area contributed by atoms with Gasteiger partial charge in [-0.25, -0.2) is 4.39 Å². The molecule has 0 aliphatic carbocycles. The number of amides is 2. The Kier molecular flexibility index (Phi) is 6.66. The average molecular weight is 439 g/mol. The first-order valence-electron chi connectivity index (χ1n) is 10.8. The third-order valence-corrected chi connectivity index (χ3v) is 7.20. The maximum absolute atomic E-state index is 13.1. The second-order valence-electron chi connectivity index (χ2n) is 8.13. The zero-order valence-electron chi connectivity index (χ0n) is 17.7. The summed E-state index contributed by atoms with van der Waals surface area (Å²) in [5.41, 5.74) is 1.87. The number of nitrogens with one attached hydrogen (secondary N) is 1. The molecule has 0 radical (unpaired) electrons. The van der Waals surface area contributed by atoms with E-state index in [2.05, 4.69) is 11.4 Å². The molecule has 1 fully saturated rings. The molecule has 1 aliphatic heterocycles. The fourth-order valence-corrected chi connectivity index (χ4v) is 5.54. The van der Waals surface area contributed by atoms with Crippen LogP contribution in [0.2, 0.25) is 0 Å². The molecule has 0 saturated carbocycles. The highest BCUT2D eigenvalue weighted by atomic mass is 32.1. The van der Waals surface area contributed by atoms with E-state index < -0.39 is 0 Å². The molecule has 0 unspecified atom stereocenters. The number of likely N-dealkylation sites (tertiary alicyclic amines) is 1. The van der Waals surface area contributed by atoms with Gasteiger partial charge in [-0.05, 0) is 54.0 Å². The van der Waals surface area contributed by atoms with Gasteiger partial charge >= 0.3 is 0 Å². The minimum absolute atomic E-state index is 0.105. The lowest BCUT2D eigenvalue weighted by molar-refractivity contribution is -0.131. The first-order chi connectivity index (χ1) is 15.0. The number of halogens is 1. The van der Waals surface area contributed by atoms with E-state index in [-0.39, 0.29) is 23.7 Å². The molecule has 0 bridgehead atoms. The molecule has 6 heteroatoms. The van der Waals surface area contributed by atoms with Crippen molar-refractivity contribution in [2.75, 3.05) is 6.54 Å². The van der Waals surface area contributed by atoms with Crippen molar-refractivity contribution in [3.05, 3.63) is 70.4 Å². The third kappa shape index (κ3) is 4.96. The fraction of sp³-hybridized carbons (Fsp3) is 0.360. The van der Waals surface area contributed by atoms with E-state index in [9.17, 15) is 14.0 Å². The lowest BCUT2D eigenvalue weighted by Crippen LogP contribution is -2.40. The predicted octanol–water partition coefficient (Wildman–Crippen LogP) is 5.30. The Morgan fingerprint density at radius 2 is 1.87 bits per heavy atom. The van der Waals surface area contributed by atoms with E-state index in [1.807, 2.05) is 23.1 Å².